The number of benzene rings is 1. The molecule has 1 aliphatic heterocycles. The van der Waals surface area contributed by atoms with Gasteiger partial charge in [-0.25, -0.2) is 4.79 Å². The average molecular weight is 283 g/mol. The Labute approximate surface area is 123 Å². The monoisotopic (exact) mass is 283 g/mol. The number of carbonyl (C=O) groups excluding carboxylic acids is 1. The number of anilines is 1. The van der Waals surface area contributed by atoms with Gasteiger partial charge < -0.3 is 15.4 Å². The summed E-state index contributed by atoms with van der Waals surface area (Å²) in [6.07, 6.45) is 4.20. The van der Waals surface area contributed by atoms with Crippen molar-refractivity contribution in [3.8, 4) is 5.75 Å². The van der Waals surface area contributed by atoms with Crippen LogP contribution >= 0.6 is 0 Å². The summed E-state index contributed by atoms with van der Waals surface area (Å²) in [5.41, 5.74) is 1.93. The molecule has 0 fully saturated rings. The van der Waals surface area contributed by atoms with Crippen molar-refractivity contribution in [1.29, 1.82) is 0 Å². The third-order valence-electron chi connectivity index (χ3n) is 3.45. The number of ether oxygens (including phenoxy) is 1. The van der Waals surface area contributed by atoms with Crippen molar-refractivity contribution >= 4 is 11.7 Å². The molecular weight excluding hydrogens is 266 g/mol. The summed E-state index contributed by atoms with van der Waals surface area (Å²) in [6.45, 7) is 1.22. The van der Waals surface area contributed by atoms with Crippen LogP contribution < -0.4 is 15.4 Å². The maximum absolute atomic E-state index is 11.8. The summed E-state index contributed by atoms with van der Waals surface area (Å²) in [6, 6.07) is 11.3. The number of rotatable bonds is 3. The number of pyridine rings is 1. The Bertz CT molecular complexity index is 616. The highest BCUT2D eigenvalue weighted by Gasteiger charge is 2.19. The molecule has 1 aliphatic rings. The third-order valence-corrected chi connectivity index (χ3v) is 3.45. The molecule has 0 saturated carbocycles. The Hall–Kier alpha value is -2.56. The number of urea groups is 1. The van der Waals surface area contributed by atoms with E-state index in [9.17, 15) is 4.79 Å². The Morgan fingerprint density at radius 1 is 1.24 bits per heavy atom. The second-order valence-corrected chi connectivity index (χ2v) is 5.06. The fourth-order valence-corrected chi connectivity index (χ4v) is 2.37. The number of amides is 2. The first-order valence-corrected chi connectivity index (χ1v) is 6.97. The first-order chi connectivity index (χ1) is 10.3. The van der Waals surface area contributed by atoms with E-state index < -0.39 is 0 Å². The van der Waals surface area contributed by atoms with Crippen molar-refractivity contribution in [3.05, 3.63) is 54.4 Å². The van der Waals surface area contributed by atoms with Gasteiger partial charge in [0.1, 0.15) is 5.75 Å². The number of fused-ring (bicyclic) bond motifs is 1. The molecule has 2 amide bonds. The third kappa shape index (κ3) is 3.51. The van der Waals surface area contributed by atoms with Crippen LogP contribution in [0.5, 0.6) is 5.75 Å². The minimum absolute atomic E-state index is 0.208. The van der Waals surface area contributed by atoms with Gasteiger partial charge in [0.2, 0.25) is 0 Å². The largest absolute Gasteiger partial charge is 0.493 e. The lowest BCUT2D eigenvalue weighted by Crippen LogP contribution is -2.37. The summed E-state index contributed by atoms with van der Waals surface area (Å²) < 4.78 is 5.71. The molecule has 1 atom stereocenters. The summed E-state index contributed by atoms with van der Waals surface area (Å²) in [4.78, 5) is 15.7. The van der Waals surface area contributed by atoms with E-state index >= 15 is 0 Å². The number of para-hydroxylation sites is 1. The highest BCUT2D eigenvalue weighted by Crippen LogP contribution is 2.26. The minimum Gasteiger partial charge on any atom is -0.493 e. The number of hydrogen-bond donors (Lipinski definition) is 2. The zero-order chi connectivity index (χ0) is 14.5. The van der Waals surface area contributed by atoms with E-state index in [2.05, 4.69) is 21.7 Å². The number of nitrogens with zero attached hydrogens (tertiary/aromatic N) is 1. The fourth-order valence-electron chi connectivity index (χ4n) is 2.37. The number of carbonyl (C=O) groups is 1. The van der Waals surface area contributed by atoms with Crippen LogP contribution in [0.15, 0.2) is 48.8 Å². The quantitative estimate of drug-likeness (QED) is 0.909. The zero-order valence-corrected chi connectivity index (χ0v) is 11.6. The van der Waals surface area contributed by atoms with Gasteiger partial charge in [-0.15, -0.1) is 0 Å². The van der Waals surface area contributed by atoms with E-state index in [1.165, 1.54) is 5.56 Å². The molecule has 2 heterocycles. The van der Waals surface area contributed by atoms with E-state index in [1.54, 1.807) is 24.5 Å². The molecule has 5 nitrogen and oxygen atoms in total. The molecule has 3 rings (SSSR count). The summed E-state index contributed by atoms with van der Waals surface area (Å²) >= 11 is 0. The van der Waals surface area contributed by atoms with Crippen LogP contribution in [0, 0.1) is 5.92 Å². The van der Waals surface area contributed by atoms with Crippen LogP contribution in [0.4, 0.5) is 10.5 Å². The van der Waals surface area contributed by atoms with E-state index in [0.29, 0.717) is 19.1 Å². The van der Waals surface area contributed by atoms with Crippen LogP contribution in [-0.4, -0.2) is 24.2 Å². The van der Waals surface area contributed by atoms with Crippen molar-refractivity contribution in [2.75, 3.05) is 18.5 Å². The van der Waals surface area contributed by atoms with Gasteiger partial charge in [0.05, 0.1) is 6.61 Å². The number of hydrogen-bond acceptors (Lipinski definition) is 3. The molecule has 5 heteroatoms. The van der Waals surface area contributed by atoms with E-state index in [-0.39, 0.29) is 6.03 Å². The molecule has 0 unspecified atom stereocenters. The van der Waals surface area contributed by atoms with Crippen molar-refractivity contribution in [2.24, 2.45) is 5.92 Å². The molecule has 21 heavy (non-hydrogen) atoms. The van der Waals surface area contributed by atoms with Gasteiger partial charge in [0.25, 0.3) is 0 Å². The van der Waals surface area contributed by atoms with E-state index in [1.807, 2.05) is 18.2 Å². The lowest BCUT2D eigenvalue weighted by Gasteiger charge is -2.25. The van der Waals surface area contributed by atoms with Crippen molar-refractivity contribution in [3.63, 3.8) is 0 Å². The van der Waals surface area contributed by atoms with Gasteiger partial charge in [-0.3, -0.25) is 4.98 Å². The molecule has 0 radical (unpaired) electrons. The molecule has 0 bridgehead atoms. The normalized spacial score (nSPS) is 16.5. The summed E-state index contributed by atoms with van der Waals surface area (Å²) in [7, 11) is 0. The topological polar surface area (TPSA) is 63.2 Å². The Morgan fingerprint density at radius 3 is 2.90 bits per heavy atom. The Kier molecular flexibility index (Phi) is 4.00. The SMILES string of the molecule is O=C(NC[C@@H]1COc2ccccc2C1)Nc1ccncc1. The predicted octanol–water partition coefficient (Wildman–Crippen LogP) is 2.45. The first kappa shape index (κ1) is 13.4. The molecule has 2 N–H and O–H groups in total. The smallest absolute Gasteiger partial charge is 0.319 e. The van der Waals surface area contributed by atoms with Crippen molar-refractivity contribution < 1.29 is 9.53 Å². The summed E-state index contributed by atoms with van der Waals surface area (Å²) in [5.74, 6) is 1.25. The average Bonchev–Trinajstić information content (AvgIpc) is 2.54. The fraction of sp³-hybridized carbons (Fsp3) is 0.250. The first-order valence-electron chi connectivity index (χ1n) is 6.97. The Balaban J connectivity index is 1.49. The van der Waals surface area contributed by atoms with Crippen LogP contribution in [0.3, 0.4) is 0 Å². The van der Waals surface area contributed by atoms with Gasteiger partial charge in [0.15, 0.2) is 0 Å². The van der Waals surface area contributed by atoms with Gasteiger partial charge >= 0.3 is 6.03 Å². The van der Waals surface area contributed by atoms with Gasteiger partial charge in [0, 0.05) is 30.5 Å². The van der Waals surface area contributed by atoms with E-state index in [4.69, 9.17) is 4.74 Å². The zero-order valence-electron chi connectivity index (χ0n) is 11.6. The highest BCUT2D eigenvalue weighted by molar-refractivity contribution is 5.89. The van der Waals surface area contributed by atoms with Gasteiger partial charge in [-0.2, -0.15) is 0 Å². The molecule has 1 aromatic heterocycles. The molecular formula is C16H17N3O2. The Morgan fingerprint density at radius 2 is 2.05 bits per heavy atom. The van der Waals surface area contributed by atoms with Crippen molar-refractivity contribution in [2.45, 2.75) is 6.42 Å². The van der Waals surface area contributed by atoms with Crippen molar-refractivity contribution in [1.82, 2.24) is 10.3 Å². The molecule has 1 aromatic carbocycles. The number of nitrogens with one attached hydrogen (secondary N) is 2. The maximum atomic E-state index is 11.8. The number of aromatic nitrogens is 1. The predicted molar refractivity (Wildman–Crippen MR) is 80.4 cm³/mol. The second-order valence-electron chi connectivity index (χ2n) is 5.06. The molecule has 2 aromatic rings. The molecule has 0 spiro atoms. The lowest BCUT2D eigenvalue weighted by atomic mass is 9.97. The van der Waals surface area contributed by atoms with Crippen LogP contribution in [0.2, 0.25) is 0 Å². The molecule has 0 aliphatic carbocycles. The van der Waals surface area contributed by atoms with E-state index in [0.717, 1.165) is 17.9 Å². The van der Waals surface area contributed by atoms with Crippen LogP contribution in [0.1, 0.15) is 5.56 Å². The standard InChI is InChI=1S/C16H17N3O2/c20-16(19-14-5-7-17-8-6-14)18-10-12-9-13-3-1-2-4-15(13)21-11-12/h1-8,12H,9-11H2,(H2,17,18,19,20)/t12-/m1/s1. The molecule has 108 valence electrons. The second kappa shape index (κ2) is 6.26. The molecule has 0 saturated heterocycles. The lowest BCUT2D eigenvalue weighted by molar-refractivity contribution is 0.215. The maximum Gasteiger partial charge on any atom is 0.319 e. The van der Waals surface area contributed by atoms with Crippen LogP contribution in [0.25, 0.3) is 0 Å². The summed E-state index contributed by atoms with van der Waals surface area (Å²) in [5, 5.41) is 5.65. The van der Waals surface area contributed by atoms with Gasteiger partial charge in [-0.05, 0) is 30.2 Å². The van der Waals surface area contributed by atoms with Gasteiger partial charge in [-0.1, -0.05) is 18.2 Å². The van der Waals surface area contributed by atoms with Crippen LogP contribution in [-0.2, 0) is 6.42 Å². The highest BCUT2D eigenvalue weighted by atomic mass is 16.5. The minimum atomic E-state index is -0.208.